The zero-order valence-electron chi connectivity index (χ0n) is 12.5. The number of hydrogen-bond donors (Lipinski definition) is 1. The van der Waals surface area contributed by atoms with E-state index in [4.69, 9.17) is 4.74 Å². The molecular formula is C17H15N5O. The molecule has 0 spiro atoms. The van der Waals surface area contributed by atoms with Gasteiger partial charge in [0.15, 0.2) is 0 Å². The Kier molecular flexibility index (Phi) is 3.27. The SMILES string of the molecule is COc1ccccc1[C@@H]1C=C(c2ccccc2)Nc2nnnn21. The molecule has 4 rings (SSSR count). The molecule has 6 heteroatoms. The highest BCUT2D eigenvalue weighted by molar-refractivity contribution is 5.77. The summed E-state index contributed by atoms with van der Waals surface area (Å²) in [4.78, 5) is 0. The van der Waals surface area contributed by atoms with Crippen molar-refractivity contribution in [3.05, 3.63) is 71.8 Å². The van der Waals surface area contributed by atoms with Crippen LogP contribution in [0, 0.1) is 0 Å². The summed E-state index contributed by atoms with van der Waals surface area (Å²) < 4.78 is 7.25. The molecule has 1 aliphatic rings. The Hall–Kier alpha value is -3.15. The van der Waals surface area contributed by atoms with Crippen molar-refractivity contribution in [3.8, 4) is 5.75 Å². The zero-order chi connectivity index (χ0) is 15.6. The lowest BCUT2D eigenvalue weighted by molar-refractivity contribution is 0.403. The van der Waals surface area contributed by atoms with E-state index in [-0.39, 0.29) is 6.04 Å². The van der Waals surface area contributed by atoms with Gasteiger partial charge >= 0.3 is 0 Å². The van der Waals surface area contributed by atoms with Crippen molar-refractivity contribution in [1.29, 1.82) is 0 Å². The van der Waals surface area contributed by atoms with Crippen LogP contribution in [0.3, 0.4) is 0 Å². The lowest BCUT2D eigenvalue weighted by Gasteiger charge is -2.24. The molecule has 0 radical (unpaired) electrons. The Bertz CT molecular complexity index is 856. The highest BCUT2D eigenvalue weighted by Crippen LogP contribution is 2.35. The van der Waals surface area contributed by atoms with E-state index in [0.717, 1.165) is 22.6 Å². The average molecular weight is 305 g/mol. The number of ether oxygens (including phenoxy) is 1. The quantitative estimate of drug-likeness (QED) is 0.806. The topological polar surface area (TPSA) is 64.9 Å². The van der Waals surface area contributed by atoms with E-state index in [1.165, 1.54) is 0 Å². The summed E-state index contributed by atoms with van der Waals surface area (Å²) in [6, 6.07) is 17.9. The van der Waals surface area contributed by atoms with Gasteiger partial charge in [-0.05, 0) is 28.1 Å². The molecule has 0 amide bonds. The maximum absolute atomic E-state index is 5.50. The van der Waals surface area contributed by atoms with Crippen LogP contribution in [0.1, 0.15) is 17.2 Å². The lowest BCUT2D eigenvalue weighted by atomic mass is 10.0. The van der Waals surface area contributed by atoms with Gasteiger partial charge in [0.05, 0.1) is 7.11 Å². The number of nitrogens with zero attached hydrogens (tertiary/aromatic N) is 4. The molecule has 0 saturated carbocycles. The van der Waals surface area contributed by atoms with Crippen molar-refractivity contribution in [2.24, 2.45) is 0 Å². The molecule has 23 heavy (non-hydrogen) atoms. The molecule has 1 atom stereocenters. The minimum atomic E-state index is -0.132. The van der Waals surface area contributed by atoms with Crippen LogP contribution >= 0.6 is 0 Å². The van der Waals surface area contributed by atoms with Crippen molar-refractivity contribution in [2.45, 2.75) is 6.04 Å². The van der Waals surface area contributed by atoms with Crippen LogP contribution in [0.5, 0.6) is 5.75 Å². The first-order valence-electron chi connectivity index (χ1n) is 7.32. The second-order valence-electron chi connectivity index (χ2n) is 5.21. The predicted molar refractivity (Wildman–Crippen MR) is 87.0 cm³/mol. The van der Waals surface area contributed by atoms with E-state index in [1.807, 2.05) is 42.5 Å². The summed E-state index contributed by atoms with van der Waals surface area (Å²) in [5, 5.41) is 15.3. The van der Waals surface area contributed by atoms with Gasteiger partial charge in [-0.3, -0.25) is 0 Å². The Morgan fingerprint density at radius 1 is 1.04 bits per heavy atom. The smallest absolute Gasteiger partial charge is 0.248 e. The number of fused-ring (bicyclic) bond motifs is 1. The molecule has 0 unspecified atom stereocenters. The number of allylic oxidation sites excluding steroid dienone is 1. The van der Waals surface area contributed by atoms with E-state index in [1.54, 1.807) is 11.8 Å². The maximum Gasteiger partial charge on any atom is 0.248 e. The lowest BCUT2D eigenvalue weighted by Crippen LogP contribution is -2.20. The molecular weight excluding hydrogens is 290 g/mol. The fourth-order valence-corrected chi connectivity index (χ4v) is 2.77. The third-order valence-corrected chi connectivity index (χ3v) is 3.87. The average Bonchev–Trinajstić information content (AvgIpc) is 3.10. The van der Waals surface area contributed by atoms with Crippen LogP contribution in [0.4, 0.5) is 5.95 Å². The summed E-state index contributed by atoms with van der Waals surface area (Å²) in [7, 11) is 1.67. The van der Waals surface area contributed by atoms with E-state index in [2.05, 4.69) is 39.1 Å². The van der Waals surface area contributed by atoms with Gasteiger partial charge in [-0.2, -0.15) is 4.68 Å². The Labute approximate surface area is 133 Å². The van der Waals surface area contributed by atoms with Crippen molar-refractivity contribution in [3.63, 3.8) is 0 Å². The first-order valence-corrected chi connectivity index (χ1v) is 7.32. The van der Waals surface area contributed by atoms with E-state index in [9.17, 15) is 0 Å². The number of methoxy groups -OCH3 is 1. The number of tetrazole rings is 1. The fraction of sp³-hybridized carbons (Fsp3) is 0.118. The number of hydrogen-bond acceptors (Lipinski definition) is 5. The third kappa shape index (κ3) is 2.34. The van der Waals surface area contributed by atoms with Crippen LogP contribution in [0.25, 0.3) is 5.70 Å². The minimum absolute atomic E-state index is 0.132. The monoisotopic (exact) mass is 305 g/mol. The largest absolute Gasteiger partial charge is 0.496 e. The van der Waals surface area contributed by atoms with Crippen molar-refractivity contribution < 1.29 is 4.74 Å². The highest BCUT2D eigenvalue weighted by Gasteiger charge is 2.26. The molecule has 1 aliphatic heterocycles. The van der Waals surface area contributed by atoms with Gasteiger partial charge in [-0.15, -0.1) is 0 Å². The maximum atomic E-state index is 5.50. The van der Waals surface area contributed by atoms with Gasteiger partial charge in [-0.25, -0.2) is 0 Å². The summed E-state index contributed by atoms with van der Waals surface area (Å²) >= 11 is 0. The second-order valence-corrected chi connectivity index (χ2v) is 5.21. The molecule has 114 valence electrons. The number of benzene rings is 2. The van der Waals surface area contributed by atoms with Crippen LogP contribution in [0.2, 0.25) is 0 Å². The summed E-state index contributed by atoms with van der Waals surface area (Å²) in [5.41, 5.74) is 3.07. The van der Waals surface area contributed by atoms with E-state index >= 15 is 0 Å². The standard InChI is InChI=1S/C17H15N5O/c1-23-16-10-6-5-9-13(16)15-11-14(12-7-3-2-4-8-12)18-17-19-20-21-22(15)17/h2-11,15H,1H3,(H,18,19,21)/t15-/m0/s1. The Morgan fingerprint density at radius 3 is 2.65 bits per heavy atom. The van der Waals surface area contributed by atoms with Gasteiger partial charge in [-0.1, -0.05) is 53.6 Å². The van der Waals surface area contributed by atoms with Gasteiger partial charge in [0.2, 0.25) is 5.95 Å². The number of aromatic nitrogens is 4. The molecule has 1 N–H and O–H groups in total. The molecule has 2 aromatic carbocycles. The van der Waals surface area contributed by atoms with Crippen LogP contribution < -0.4 is 10.1 Å². The molecule has 1 aromatic heterocycles. The Balaban J connectivity index is 1.85. The van der Waals surface area contributed by atoms with Crippen LogP contribution in [-0.4, -0.2) is 27.3 Å². The highest BCUT2D eigenvalue weighted by atomic mass is 16.5. The zero-order valence-corrected chi connectivity index (χ0v) is 12.5. The van der Waals surface area contributed by atoms with E-state index < -0.39 is 0 Å². The number of anilines is 1. The van der Waals surface area contributed by atoms with Gasteiger partial charge in [0.1, 0.15) is 11.8 Å². The van der Waals surface area contributed by atoms with Gasteiger partial charge in [0.25, 0.3) is 0 Å². The number of nitrogens with one attached hydrogen (secondary N) is 1. The second kappa shape index (κ2) is 5.57. The predicted octanol–water partition coefficient (Wildman–Crippen LogP) is 2.74. The molecule has 2 heterocycles. The van der Waals surface area contributed by atoms with Crippen LogP contribution in [0.15, 0.2) is 60.7 Å². The molecule has 0 saturated heterocycles. The summed E-state index contributed by atoms with van der Waals surface area (Å²) in [5.74, 6) is 1.42. The van der Waals surface area contributed by atoms with Gasteiger partial charge in [0, 0.05) is 11.3 Å². The molecule has 0 aliphatic carbocycles. The normalized spacial score (nSPS) is 16.2. The summed E-state index contributed by atoms with van der Waals surface area (Å²) in [6.07, 6.45) is 2.11. The minimum Gasteiger partial charge on any atom is -0.496 e. The molecule has 0 bridgehead atoms. The number of rotatable bonds is 3. The van der Waals surface area contributed by atoms with Crippen molar-refractivity contribution in [2.75, 3.05) is 12.4 Å². The van der Waals surface area contributed by atoms with Crippen molar-refractivity contribution in [1.82, 2.24) is 20.2 Å². The van der Waals surface area contributed by atoms with Gasteiger partial charge < -0.3 is 10.1 Å². The summed E-state index contributed by atoms with van der Waals surface area (Å²) in [6.45, 7) is 0. The fourth-order valence-electron chi connectivity index (χ4n) is 2.77. The first kappa shape index (κ1) is 13.5. The number of para-hydroxylation sites is 1. The third-order valence-electron chi connectivity index (χ3n) is 3.87. The molecule has 6 nitrogen and oxygen atoms in total. The van der Waals surface area contributed by atoms with Crippen molar-refractivity contribution >= 4 is 11.6 Å². The van der Waals surface area contributed by atoms with E-state index in [0.29, 0.717) is 5.95 Å². The molecule has 0 fully saturated rings. The Morgan fingerprint density at radius 2 is 1.83 bits per heavy atom. The first-order chi connectivity index (χ1) is 11.4. The van der Waals surface area contributed by atoms with Crippen LogP contribution in [-0.2, 0) is 0 Å². The molecule has 3 aromatic rings.